The van der Waals surface area contributed by atoms with E-state index in [1.165, 1.54) is 0 Å². The van der Waals surface area contributed by atoms with Crippen LogP contribution in [-0.2, 0) is 12.3 Å². The van der Waals surface area contributed by atoms with Gasteiger partial charge in [0, 0.05) is 5.56 Å². The summed E-state index contributed by atoms with van der Waals surface area (Å²) in [7, 11) is 1.64. The predicted molar refractivity (Wildman–Crippen MR) is 78.7 cm³/mol. The summed E-state index contributed by atoms with van der Waals surface area (Å²) in [5.74, 6) is 1.18. The Morgan fingerprint density at radius 1 is 1.26 bits per heavy atom. The molecule has 0 atom stereocenters. The molecule has 2 rings (SSSR count). The number of hydrogen-bond acceptors (Lipinski definition) is 2. The second-order valence-electron chi connectivity index (χ2n) is 4.21. The van der Waals surface area contributed by atoms with Crippen LogP contribution in [0.3, 0.4) is 0 Å². The molecule has 0 saturated carbocycles. The minimum Gasteiger partial charge on any atom is -0.497 e. The van der Waals surface area contributed by atoms with Crippen LogP contribution in [0.5, 0.6) is 5.75 Å². The zero-order chi connectivity index (χ0) is 13.8. The third-order valence-electron chi connectivity index (χ3n) is 2.94. The quantitative estimate of drug-likeness (QED) is 0.773. The molecule has 0 aliphatic rings. The van der Waals surface area contributed by atoms with E-state index >= 15 is 0 Å². The first kappa shape index (κ1) is 14.2. The lowest BCUT2D eigenvalue weighted by molar-refractivity contribution is 0.414. The number of rotatable bonds is 5. The smallest absolute Gasteiger partial charge is 0.137 e. The van der Waals surface area contributed by atoms with Gasteiger partial charge in [0.15, 0.2) is 0 Å². The van der Waals surface area contributed by atoms with Crippen molar-refractivity contribution in [3.63, 3.8) is 0 Å². The standard InChI is InChI=1S/C14H16Cl2N2O/c1-3-4-13-12(9-15)14(16)18(17-13)10-5-7-11(19-2)8-6-10/h5-8H,3-4,9H2,1-2H3. The van der Waals surface area contributed by atoms with Gasteiger partial charge in [-0.3, -0.25) is 0 Å². The van der Waals surface area contributed by atoms with Crippen molar-refractivity contribution < 1.29 is 4.74 Å². The molecule has 5 heteroatoms. The van der Waals surface area contributed by atoms with Crippen molar-refractivity contribution >= 4 is 23.2 Å². The predicted octanol–water partition coefficient (Wildman–Crippen LogP) is 4.23. The Morgan fingerprint density at radius 3 is 2.47 bits per heavy atom. The molecule has 3 nitrogen and oxygen atoms in total. The average molecular weight is 299 g/mol. The molecule has 1 aromatic carbocycles. The Kier molecular flexibility index (Phi) is 4.72. The lowest BCUT2D eigenvalue weighted by Gasteiger charge is -2.04. The lowest BCUT2D eigenvalue weighted by atomic mass is 10.2. The lowest BCUT2D eigenvalue weighted by Crippen LogP contribution is -1.97. The van der Waals surface area contributed by atoms with E-state index in [1.807, 2.05) is 24.3 Å². The fourth-order valence-corrected chi connectivity index (χ4v) is 2.60. The maximum Gasteiger partial charge on any atom is 0.137 e. The van der Waals surface area contributed by atoms with Crippen LogP contribution in [0.4, 0.5) is 0 Å². The topological polar surface area (TPSA) is 27.1 Å². The summed E-state index contributed by atoms with van der Waals surface area (Å²) in [5, 5.41) is 5.14. The van der Waals surface area contributed by atoms with Gasteiger partial charge in [0.25, 0.3) is 0 Å². The van der Waals surface area contributed by atoms with Crippen molar-refractivity contribution in [2.45, 2.75) is 25.6 Å². The van der Waals surface area contributed by atoms with Crippen molar-refractivity contribution in [2.75, 3.05) is 7.11 Å². The van der Waals surface area contributed by atoms with Crippen LogP contribution in [0.15, 0.2) is 24.3 Å². The first-order valence-electron chi connectivity index (χ1n) is 6.18. The fraction of sp³-hybridized carbons (Fsp3) is 0.357. The zero-order valence-electron chi connectivity index (χ0n) is 11.0. The highest BCUT2D eigenvalue weighted by Crippen LogP contribution is 2.27. The van der Waals surface area contributed by atoms with Gasteiger partial charge < -0.3 is 4.74 Å². The number of ether oxygens (including phenoxy) is 1. The number of nitrogens with zero attached hydrogens (tertiary/aromatic N) is 2. The summed E-state index contributed by atoms with van der Waals surface area (Å²) in [6, 6.07) is 7.61. The van der Waals surface area contributed by atoms with Crippen LogP contribution >= 0.6 is 23.2 Å². The maximum absolute atomic E-state index is 6.36. The summed E-state index contributed by atoms with van der Waals surface area (Å²) in [6.07, 6.45) is 1.89. The van der Waals surface area contributed by atoms with Gasteiger partial charge in [-0.1, -0.05) is 24.9 Å². The monoisotopic (exact) mass is 298 g/mol. The molecule has 0 saturated heterocycles. The van der Waals surface area contributed by atoms with Crippen molar-refractivity contribution in [3.05, 3.63) is 40.7 Å². The van der Waals surface area contributed by atoms with Crippen molar-refractivity contribution in [1.82, 2.24) is 9.78 Å². The number of hydrogen-bond donors (Lipinski definition) is 0. The van der Waals surface area contributed by atoms with E-state index in [2.05, 4.69) is 12.0 Å². The number of alkyl halides is 1. The third-order valence-corrected chi connectivity index (χ3v) is 3.60. The summed E-state index contributed by atoms with van der Waals surface area (Å²) in [4.78, 5) is 0. The molecular weight excluding hydrogens is 283 g/mol. The van der Waals surface area contributed by atoms with Crippen LogP contribution in [0, 0.1) is 0 Å². The van der Waals surface area contributed by atoms with E-state index in [9.17, 15) is 0 Å². The molecule has 1 aromatic heterocycles. The number of benzene rings is 1. The van der Waals surface area contributed by atoms with Crippen LogP contribution < -0.4 is 4.74 Å². The van der Waals surface area contributed by atoms with Crippen molar-refractivity contribution in [3.8, 4) is 11.4 Å². The summed E-state index contributed by atoms with van der Waals surface area (Å²) < 4.78 is 6.87. The van der Waals surface area contributed by atoms with E-state index in [4.69, 9.17) is 27.9 Å². The van der Waals surface area contributed by atoms with Crippen molar-refractivity contribution in [1.29, 1.82) is 0 Å². The fourth-order valence-electron chi connectivity index (χ4n) is 1.94. The summed E-state index contributed by atoms with van der Waals surface area (Å²) in [5.41, 5.74) is 2.79. The molecular formula is C14H16Cl2N2O. The molecule has 0 aliphatic carbocycles. The number of halogens is 2. The molecule has 0 radical (unpaired) electrons. The molecule has 1 heterocycles. The first-order chi connectivity index (χ1) is 9.21. The number of aryl methyl sites for hydroxylation is 1. The van der Waals surface area contributed by atoms with Crippen LogP contribution in [-0.4, -0.2) is 16.9 Å². The number of methoxy groups -OCH3 is 1. The van der Waals surface area contributed by atoms with Gasteiger partial charge in [-0.05, 0) is 30.7 Å². The molecule has 0 unspecified atom stereocenters. The van der Waals surface area contributed by atoms with Crippen LogP contribution in [0.25, 0.3) is 5.69 Å². The minimum absolute atomic E-state index is 0.379. The van der Waals surface area contributed by atoms with Gasteiger partial charge >= 0.3 is 0 Å². The van der Waals surface area contributed by atoms with E-state index < -0.39 is 0 Å². The van der Waals surface area contributed by atoms with Crippen LogP contribution in [0.2, 0.25) is 5.15 Å². The van der Waals surface area contributed by atoms with E-state index in [1.54, 1.807) is 11.8 Å². The number of aromatic nitrogens is 2. The Balaban J connectivity index is 2.43. The molecule has 0 fully saturated rings. The molecule has 2 aromatic rings. The summed E-state index contributed by atoms with van der Waals surface area (Å²) >= 11 is 12.3. The second kappa shape index (κ2) is 6.31. The third kappa shape index (κ3) is 2.88. The molecule has 0 bridgehead atoms. The molecule has 0 N–H and O–H groups in total. The molecule has 0 spiro atoms. The van der Waals surface area contributed by atoms with Crippen LogP contribution in [0.1, 0.15) is 24.6 Å². The highest BCUT2D eigenvalue weighted by atomic mass is 35.5. The molecule has 102 valence electrons. The SMILES string of the molecule is CCCc1nn(-c2ccc(OC)cc2)c(Cl)c1CCl. The maximum atomic E-state index is 6.36. The normalized spacial score (nSPS) is 10.7. The molecule has 0 aliphatic heterocycles. The Bertz CT molecular complexity index is 549. The highest BCUT2D eigenvalue weighted by molar-refractivity contribution is 6.31. The van der Waals surface area contributed by atoms with Gasteiger partial charge in [0.05, 0.1) is 24.4 Å². The molecule has 19 heavy (non-hydrogen) atoms. The van der Waals surface area contributed by atoms with E-state index in [0.717, 1.165) is 35.5 Å². The largest absolute Gasteiger partial charge is 0.497 e. The highest BCUT2D eigenvalue weighted by Gasteiger charge is 2.15. The minimum atomic E-state index is 0.379. The summed E-state index contributed by atoms with van der Waals surface area (Å²) in [6.45, 7) is 2.11. The van der Waals surface area contributed by atoms with Gasteiger partial charge in [-0.25, -0.2) is 4.68 Å². The van der Waals surface area contributed by atoms with Gasteiger partial charge in [-0.15, -0.1) is 11.6 Å². The van der Waals surface area contributed by atoms with Crippen molar-refractivity contribution in [2.24, 2.45) is 0 Å². The van der Waals surface area contributed by atoms with Gasteiger partial charge in [0.1, 0.15) is 10.9 Å². The first-order valence-corrected chi connectivity index (χ1v) is 7.09. The Labute approximate surface area is 123 Å². The van der Waals surface area contributed by atoms with Gasteiger partial charge in [-0.2, -0.15) is 5.10 Å². The Hall–Kier alpha value is -1.19. The van der Waals surface area contributed by atoms with E-state index in [0.29, 0.717) is 11.0 Å². The average Bonchev–Trinajstić information content (AvgIpc) is 2.75. The Morgan fingerprint density at radius 2 is 1.95 bits per heavy atom. The molecule has 0 amide bonds. The van der Waals surface area contributed by atoms with Gasteiger partial charge in [0.2, 0.25) is 0 Å². The zero-order valence-corrected chi connectivity index (χ0v) is 12.5. The second-order valence-corrected chi connectivity index (χ2v) is 4.83. The van der Waals surface area contributed by atoms with E-state index in [-0.39, 0.29) is 0 Å².